The van der Waals surface area contributed by atoms with E-state index >= 15 is 0 Å². The van der Waals surface area contributed by atoms with E-state index in [1.54, 1.807) is 0 Å². The zero-order valence-electron chi connectivity index (χ0n) is 7.04. The number of aryl methyl sites for hydroxylation is 1. The van der Waals surface area contributed by atoms with Crippen molar-refractivity contribution in [2.45, 2.75) is 6.92 Å². The Labute approximate surface area is 81.3 Å². The molecule has 0 bridgehead atoms. The van der Waals surface area contributed by atoms with Gasteiger partial charge in [0.25, 0.3) is 4.20 Å². The van der Waals surface area contributed by atoms with Crippen molar-refractivity contribution in [3.05, 3.63) is 35.4 Å². The third kappa shape index (κ3) is 1.70. The smallest absolute Gasteiger partial charge is 0.0590 e. The topological polar surface area (TPSA) is 0 Å². The lowest BCUT2D eigenvalue weighted by atomic mass is 10.2. The van der Waals surface area contributed by atoms with Crippen molar-refractivity contribution >= 4 is 27.3 Å². The Morgan fingerprint density at radius 2 is 2.00 bits per heavy atom. The Balaban J connectivity index is 2.28. The van der Waals surface area contributed by atoms with Gasteiger partial charge in [-0.3, -0.25) is 0 Å². The van der Waals surface area contributed by atoms with E-state index in [0.717, 1.165) is 0 Å². The molecule has 0 aromatic heterocycles. The molecule has 0 spiro atoms. The van der Waals surface area contributed by atoms with Crippen LogP contribution in [0.2, 0.25) is 0 Å². The van der Waals surface area contributed by atoms with Gasteiger partial charge < -0.3 is 0 Å². The van der Waals surface area contributed by atoms with Gasteiger partial charge in [-0.2, -0.15) is 0 Å². The van der Waals surface area contributed by atoms with Crippen LogP contribution >= 0.6 is 11.8 Å². The summed E-state index contributed by atoms with van der Waals surface area (Å²) in [5.74, 6) is 2.54. The van der Waals surface area contributed by atoms with Crippen LogP contribution in [0.1, 0.15) is 11.1 Å². The van der Waals surface area contributed by atoms with E-state index in [9.17, 15) is 0 Å². The van der Waals surface area contributed by atoms with Crippen molar-refractivity contribution in [3.8, 4) is 0 Å². The van der Waals surface area contributed by atoms with Gasteiger partial charge in [-0.25, -0.2) is 0 Å². The normalized spacial score (nSPS) is 16.2. The van der Waals surface area contributed by atoms with Crippen LogP contribution in [0.3, 0.4) is 0 Å². The lowest BCUT2D eigenvalue weighted by Crippen LogP contribution is -1.91. The Bertz CT molecular complexity index is 298. The molecule has 2 heteroatoms. The van der Waals surface area contributed by atoms with E-state index in [0.29, 0.717) is 0 Å². The summed E-state index contributed by atoms with van der Waals surface area (Å²) in [6.45, 7) is 2.13. The summed E-state index contributed by atoms with van der Waals surface area (Å²) < 4.78 is 1.50. The fourth-order valence-corrected chi connectivity index (χ4v) is 3.64. The van der Waals surface area contributed by atoms with Gasteiger partial charge in [0.2, 0.25) is 0 Å². The first-order chi connectivity index (χ1) is 5.86. The van der Waals surface area contributed by atoms with Crippen LogP contribution in [0.15, 0.2) is 24.3 Å². The molecule has 0 nitrogen and oxygen atoms in total. The van der Waals surface area contributed by atoms with Gasteiger partial charge in [-0.05, 0) is 19.1 Å². The fraction of sp³-hybridized carbons (Fsp3) is 0.300. The largest absolute Gasteiger partial charge is 0.265 e. The van der Waals surface area contributed by atoms with E-state index in [-0.39, 0.29) is 0 Å². The van der Waals surface area contributed by atoms with Gasteiger partial charge in [0, 0.05) is 5.56 Å². The molecular weight excluding hydrogens is 184 g/mol. The lowest BCUT2D eigenvalue weighted by molar-refractivity contribution is 1.47. The maximum Gasteiger partial charge on any atom is 0.265 e. The Hall–Kier alpha value is -0.340. The van der Waals surface area contributed by atoms with Gasteiger partial charge in [0.1, 0.15) is 0 Å². The molecule has 0 fully saturated rings. The predicted molar refractivity (Wildman–Crippen MR) is 60.0 cm³/mol. The Morgan fingerprint density at radius 1 is 1.25 bits per heavy atom. The van der Waals surface area contributed by atoms with Gasteiger partial charge in [0.05, 0.1) is 5.75 Å². The van der Waals surface area contributed by atoms with Gasteiger partial charge in [-0.15, -0.1) is 0 Å². The molecule has 0 saturated heterocycles. The van der Waals surface area contributed by atoms with Gasteiger partial charge >= 0.3 is 0 Å². The maximum absolute atomic E-state index is 2.22. The minimum absolute atomic E-state index is 1.27. The van der Waals surface area contributed by atoms with Crippen molar-refractivity contribution in [2.75, 3.05) is 11.5 Å². The number of hydrogen-bond donors (Lipinski definition) is 0. The van der Waals surface area contributed by atoms with E-state index < -0.39 is 0 Å². The van der Waals surface area contributed by atoms with Crippen LogP contribution in [0.5, 0.6) is 0 Å². The van der Waals surface area contributed by atoms with E-state index in [1.165, 1.54) is 26.8 Å². The highest BCUT2D eigenvalue weighted by Gasteiger charge is 2.20. The molecule has 1 aliphatic rings. The highest BCUT2D eigenvalue weighted by molar-refractivity contribution is 8.25. The van der Waals surface area contributed by atoms with E-state index in [2.05, 4.69) is 31.2 Å². The van der Waals surface area contributed by atoms with Crippen LogP contribution in [-0.4, -0.2) is 15.7 Å². The molecule has 1 aliphatic heterocycles. The number of thioether (sulfide) groups is 1. The van der Waals surface area contributed by atoms with E-state index in [4.69, 9.17) is 0 Å². The summed E-state index contributed by atoms with van der Waals surface area (Å²) in [7, 11) is 0. The van der Waals surface area contributed by atoms with Crippen LogP contribution in [0, 0.1) is 6.92 Å². The molecule has 0 unspecified atom stereocenters. The molecule has 1 heterocycles. The second kappa shape index (κ2) is 3.58. The minimum Gasteiger partial charge on any atom is -0.0590 e. The van der Waals surface area contributed by atoms with Gasteiger partial charge in [0.15, 0.2) is 17.1 Å². The standard InChI is InChI=1S/C10H11S2/c1-8-2-4-9(5-3-8)10-11-6-7-12-10/h2-5H,6-7H2,1H3/q+1. The molecule has 0 atom stereocenters. The summed E-state index contributed by atoms with van der Waals surface area (Å²) >= 11 is 3.96. The number of hydrogen-bond acceptors (Lipinski definition) is 1. The average molecular weight is 195 g/mol. The van der Waals surface area contributed by atoms with Crippen molar-refractivity contribution in [2.24, 2.45) is 0 Å². The van der Waals surface area contributed by atoms with Crippen molar-refractivity contribution in [1.29, 1.82) is 0 Å². The molecule has 0 aliphatic carbocycles. The van der Waals surface area contributed by atoms with Crippen LogP contribution < -0.4 is 0 Å². The second-order valence-electron chi connectivity index (χ2n) is 2.85. The molecule has 0 amide bonds. The molecule has 2 rings (SSSR count). The molecule has 0 N–H and O–H groups in total. The number of benzene rings is 1. The summed E-state index contributed by atoms with van der Waals surface area (Å²) in [5, 5.41) is 0. The first-order valence-corrected chi connectivity index (χ1v) is 6.03. The highest BCUT2D eigenvalue weighted by atomic mass is 32.2. The average Bonchev–Trinajstić information content (AvgIpc) is 2.58. The van der Waals surface area contributed by atoms with Crippen LogP contribution in [-0.2, 0) is 11.4 Å². The van der Waals surface area contributed by atoms with Crippen LogP contribution in [0.25, 0.3) is 0 Å². The molecule has 0 radical (unpaired) electrons. The fourth-order valence-electron chi connectivity index (χ4n) is 1.17. The molecule has 0 saturated carbocycles. The predicted octanol–water partition coefficient (Wildman–Crippen LogP) is 2.30. The monoisotopic (exact) mass is 195 g/mol. The molecule has 1 aromatic rings. The molecule has 12 heavy (non-hydrogen) atoms. The zero-order valence-corrected chi connectivity index (χ0v) is 8.67. The van der Waals surface area contributed by atoms with Crippen LogP contribution in [0.4, 0.5) is 0 Å². The summed E-state index contributed by atoms with van der Waals surface area (Å²) in [6.07, 6.45) is 0. The van der Waals surface area contributed by atoms with Crippen molar-refractivity contribution < 1.29 is 0 Å². The summed E-state index contributed by atoms with van der Waals surface area (Å²) in [5.41, 5.74) is 2.74. The zero-order chi connectivity index (χ0) is 8.39. The lowest BCUT2D eigenvalue weighted by Gasteiger charge is -1.93. The molecular formula is C10H11S2+. The first kappa shape index (κ1) is 8.27. The Morgan fingerprint density at radius 3 is 2.58 bits per heavy atom. The highest BCUT2D eigenvalue weighted by Crippen LogP contribution is 2.17. The molecule has 1 aromatic carbocycles. The third-order valence-electron chi connectivity index (χ3n) is 1.84. The van der Waals surface area contributed by atoms with Gasteiger partial charge in [-0.1, -0.05) is 29.5 Å². The summed E-state index contributed by atoms with van der Waals surface area (Å²) in [6, 6.07) is 8.80. The number of rotatable bonds is 1. The third-order valence-corrected chi connectivity index (χ3v) is 4.61. The minimum atomic E-state index is 1.27. The Kier molecular flexibility index (Phi) is 2.47. The van der Waals surface area contributed by atoms with Crippen molar-refractivity contribution in [1.82, 2.24) is 0 Å². The first-order valence-electron chi connectivity index (χ1n) is 4.06. The summed E-state index contributed by atoms with van der Waals surface area (Å²) in [4.78, 5) is 0. The van der Waals surface area contributed by atoms with Crippen molar-refractivity contribution in [3.63, 3.8) is 0 Å². The SMILES string of the molecule is Cc1ccc(C2=[S+]CCS2)cc1. The second-order valence-corrected chi connectivity index (χ2v) is 5.32. The quantitative estimate of drug-likeness (QED) is 0.489. The molecule has 62 valence electrons. The van der Waals surface area contributed by atoms with E-state index in [1.807, 2.05) is 23.1 Å². The maximum atomic E-state index is 2.22.